The Morgan fingerprint density at radius 1 is 0.929 bits per heavy atom. The molecule has 0 bridgehead atoms. The van der Waals surface area contributed by atoms with E-state index in [1.165, 1.54) is 0 Å². The molecule has 150 valence electrons. The molecule has 1 aliphatic rings. The summed E-state index contributed by atoms with van der Waals surface area (Å²) in [6.07, 6.45) is 1.22. The largest absolute Gasteiger partial charge is 0.349 e. The summed E-state index contributed by atoms with van der Waals surface area (Å²) in [6.45, 7) is 8.47. The van der Waals surface area contributed by atoms with Crippen molar-refractivity contribution >= 4 is 15.9 Å². The molecule has 2 aromatic rings. The standard InChI is InChI=1S/C22H28N2O3S/c1-15-5-7-19(8-6-15)22(25)23-20-9-11-24(12-10-20)28(26,27)21-17(3)13-16(2)14-18(21)4/h5-8,13-14,20H,9-12H2,1-4H3,(H,23,25). The summed E-state index contributed by atoms with van der Waals surface area (Å²) < 4.78 is 27.9. The van der Waals surface area contributed by atoms with Crippen LogP contribution in [0, 0.1) is 27.7 Å². The summed E-state index contributed by atoms with van der Waals surface area (Å²) in [4.78, 5) is 12.8. The molecule has 6 heteroatoms. The molecule has 1 heterocycles. The number of hydrogen-bond donors (Lipinski definition) is 1. The van der Waals surface area contributed by atoms with E-state index in [1.54, 1.807) is 4.31 Å². The normalized spacial score (nSPS) is 16.1. The topological polar surface area (TPSA) is 66.5 Å². The molecule has 0 aromatic heterocycles. The molecule has 0 atom stereocenters. The zero-order chi connectivity index (χ0) is 20.5. The van der Waals surface area contributed by atoms with Crippen molar-refractivity contribution < 1.29 is 13.2 Å². The fourth-order valence-electron chi connectivity index (χ4n) is 3.92. The third kappa shape index (κ3) is 4.28. The van der Waals surface area contributed by atoms with Gasteiger partial charge in [-0.25, -0.2) is 8.42 Å². The molecule has 1 N–H and O–H groups in total. The van der Waals surface area contributed by atoms with Gasteiger partial charge in [0.15, 0.2) is 0 Å². The predicted octanol–water partition coefficient (Wildman–Crippen LogP) is 3.50. The van der Waals surface area contributed by atoms with E-state index in [4.69, 9.17) is 0 Å². The van der Waals surface area contributed by atoms with Gasteiger partial charge in [-0.05, 0) is 63.8 Å². The lowest BCUT2D eigenvalue weighted by atomic mass is 10.1. The van der Waals surface area contributed by atoms with Crippen LogP contribution in [0.15, 0.2) is 41.3 Å². The van der Waals surface area contributed by atoms with Crippen molar-refractivity contribution in [1.29, 1.82) is 0 Å². The minimum Gasteiger partial charge on any atom is -0.349 e. The van der Waals surface area contributed by atoms with Crippen LogP contribution in [0.3, 0.4) is 0 Å². The van der Waals surface area contributed by atoms with Crippen LogP contribution in [0.1, 0.15) is 45.5 Å². The minimum atomic E-state index is -3.53. The van der Waals surface area contributed by atoms with Gasteiger partial charge in [0.2, 0.25) is 10.0 Å². The van der Waals surface area contributed by atoms with E-state index in [-0.39, 0.29) is 11.9 Å². The van der Waals surface area contributed by atoms with Crippen LogP contribution in [0.5, 0.6) is 0 Å². The summed E-state index contributed by atoms with van der Waals surface area (Å²) in [6, 6.07) is 11.3. The van der Waals surface area contributed by atoms with E-state index in [0.717, 1.165) is 22.3 Å². The third-order valence-electron chi connectivity index (χ3n) is 5.31. The Morgan fingerprint density at radius 3 is 2.00 bits per heavy atom. The molecule has 2 aromatic carbocycles. The first kappa shape index (κ1) is 20.6. The summed E-state index contributed by atoms with van der Waals surface area (Å²) in [5, 5.41) is 3.04. The maximum atomic E-state index is 13.2. The first-order valence-electron chi connectivity index (χ1n) is 9.64. The monoisotopic (exact) mass is 400 g/mol. The van der Waals surface area contributed by atoms with Gasteiger partial charge in [0.1, 0.15) is 0 Å². The highest BCUT2D eigenvalue weighted by atomic mass is 32.2. The van der Waals surface area contributed by atoms with Crippen LogP contribution in [0.25, 0.3) is 0 Å². The van der Waals surface area contributed by atoms with Crippen LogP contribution >= 0.6 is 0 Å². The van der Waals surface area contributed by atoms with Crippen molar-refractivity contribution in [2.45, 2.75) is 51.5 Å². The Labute approximate surface area is 167 Å². The van der Waals surface area contributed by atoms with Crippen molar-refractivity contribution in [1.82, 2.24) is 9.62 Å². The smallest absolute Gasteiger partial charge is 0.251 e. The van der Waals surface area contributed by atoms with Crippen LogP contribution in [-0.2, 0) is 10.0 Å². The number of carbonyl (C=O) groups is 1. The number of nitrogens with zero attached hydrogens (tertiary/aromatic N) is 1. The zero-order valence-corrected chi connectivity index (χ0v) is 17.8. The Kier molecular flexibility index (Phi) is 5.91. The van der Waals surface area contributed by atoms with Gasteiger partial charge >= 0.3 is 0 Å². The van der Waals surface area contributed by atoms with Crippen molar-refractivity contribution in [2.75, 3.05) is 13.1 Å². The second kappa shape index (κ2) is 8.05. The lowest BCUT2D eigenvalue weighted by molar-refractivity contribution is 0.0924. The number of rotatable bonds is 4. The zero-order valence-electron chi connectivity index (χ0n) is 17.0. The van der Waals surface area contributed by atoms with E-state index < -0.39 is 10.0 Å². The quantitative estimate of drug-likeness (QED) is 0.854. The maximum Gasteiger partial charge on any atom is 0.251 e. The lowest BCUT2D eigenvalue weighted by Crippen LogP contribution is -2.46. The average Bonchev–Trinajstić information content (AvgIpc) is 2.61. The fraction of sp³-hybridized carbons (Fsp3) is 0.409. The Morgan fingerprint density at radius 2 is 1.46 bits per heavy atom. The summed E-state index contributed by atoms with van der Waals surface area (Å²) in [7, 11) is -3.53. The SMILES string of the molecule is Cc1ccc(C(=O)NC2CCN(S(=O)(=O)c3c(C)cc(C)cc3C)CC2)cc1. The predicted molar refractivity (Wildman–Crippen MR) is 111 cm³/mol. The van der Waals surface area contributed by atoms with Gasteiger partial charge in [-0.1, -0.05) is 35.4 Å². The van der Waals surface area contributed by atoms with E-state index in [9.17, 15) is 13.2 Å². The molecular formula is C22H28N2O3S. The molecule has 0 radical (unpaired) electrons. The molecule has 0 saturated carbocycles. The van der Waals surface area contributed by atoms with Gasteiger partial charge in [0, 0.05) is 24.7 Å². The molecule has 28 heavy (non-hydrogen) atoms. The molecule has 1 amide bonds. The molecule has 5 nitrogen and oxygen atoms in total. The van der Waals surface area contributed by atoms with E-state index in [0.29, 0.717) is 36.4 Å². The number of benzene rings is 2. The highest BCUT2D eigenvalue weighted by Gasteiger charge is 2.32. The molecule has 0 aliphatic carbocycles. The number of carbonyl (C=O) groups excluding carboxylic acids is 1. The van der Waals surface area contributed by atoms with Crippen LogP contribution < -0.4 is 5.32 Å². The second-order valence-corrected chi connectivity index (χ2v) is 9.62. The number of nitrogens with one attached hydrogen (secondary N) is 1. The first-order chi connectivity index (χ1) is 13.2. The van der Waals surface area contributed by atoms with Crippen LogP contribution in [-0.4, -0.2) is 37.8 Å². The highest BCUT2D eigenvalue weighted by molar-refractivity contribution is 7.89. The van der Waals surface area contributed by atoms with Crippen LogP contribution in [0.4, 0.5) is 0 Å². The van der Waals surface area contributed by atoms with Gasteiger partial charge in [0.25, 0.3) is 5.91 Å². The molecule has 1 aliphatic heterocycles. The van der Waals surface area contributed by atoms with Crippen molar-refractivity contribution in [3.63, 3.8) is 0 Å². The summed E-state index contributed by atoms with van der Waals surface area (Å²) >= 11 is 0. The van der Waals surface area contributed by atoms with Gasteiger partial charge in [-0.2, -0.15) is 4.31 Å². The average molecular weight is 401 g/mol. The highest BCUT2D eigenvalue weighted by Crippen LogP contribution is 2.27. The van der Waals surface area contributed by atoms with Crippen LogP contribution in [0.2, 0.25) is 0 Å². The second-order valence-electron chi connectivity index (χ2n) is 7.75. The third-order valence-corrected chi connectivity index (χ3v) is 7.51. The molecule has 0 unspecified atom stereocenters. The minimum absolute atomic E-state index is 0.0135. The molecule has 0 spiro atoms. The number of hydrogen-bond acceptors (Lipinski definition) is 3. The number of piperidine rings is 1. The van der Waals surface area contributed by atoms with Gasteiger partial charge < -0.3 is 5.32 Å². The lowest BCUT2D eigenvalue weighted by Gasteiger charge is -2.32. The Hall–Kier alpha value is -2.18. The number of aryl methyl sites for hydroxylation is 4. The molecule has 1 fully saturated rings. The Balaban J connectivity index is 1.66. The van der Waals surface area contributed by atoms with E-state index >= 15 is 0 Å². The van der Waals surface area contributed by atoms with E-state index in [1.807, 2.05) is 64.1 Å². The first-order valence-corrected chi connectivity index (χ1v) is 11.1. The van der Waals surface area contributed by atoms with Gasteiger partial charge in [-0.3, -0.25) is 4.79 Å². The number of amides is 1. The van der Waals surface area contributed by atoms with Gasteiger partial charge in [-0.15, -0.1) is 0 Å². The number of sulfonamides is 1. The van der Waals surface area contributed by atoms with Crippen molar-refractivity contribution in [3.05, 3.63) is 64.2 Å². The van der Waals surface area contributed by atoms with Gasteiger partial charge in [0.05, 0.1) is 4.90 Å². The summed E-state index contributed by atoms with van der Waals surface area (Å²) in [5.41, 5.74) is 4.37. The molecule has 3 rings (SSSR count). The van der Waals surface area contributed by atoms with Crippen molar-refractivity contribution in [2.24, 2.45) is 0 Å². The molecular weight excluding hydrogens is 372 g/mol. The van der Waals surface area contributed by atoms with E-state index in [2.05, 4.69) is 5.32 Å². The maximum absolute atomic E-state index is 13.2. The van der Waals surface area contributed by atoms with Crippen molar-refractivity contribution in [3.8, 4) is 0 Å². The molecule has 1 saturated heterocycles. The fourth-order valence-corrected chi connectivity index (χ4v) is 5.80. The Bertz CT molecular complexity index is 950. The summed E-state index contributed by atoms with van der Waals surface area (Å²) in [5.74, 6) is -0.105.